The highest BCUT2D eigenvalue weighted by Crippen LogP contribution is 2.21. The van der Waals surface area contributed by atoms with E-state index in [1.54, 1.807) is 10.6 Å². The minimum absolute atomic E-state index is 0.000940. The second-order valence-corrected chi connectivity index (χ2v) is 5.34. The van der Waals surface area contributed by atoms with Gasteiger partial charge in [-0.1, -0.05) is 17.4 Å². The summed E-state index contributed by atoms with van der Waals surface area (Å²) < 4.78 is 6.89. The molecule has 0 spiro atoms. The molecule has 0 radical (unpaired) electrons. The zero-order valence-corrected chi connectivity index (χ0v) is 11.4. The van der Waals surface area contributed by atoms with Crippen LogP contribution in [0.5, 0.6) is 0 Å². The van der Waals surface area contributed by atoms with E-state index < -0.39 is 5.97 Å². The molecule has 102 valence electrons. The fourth-order valence-corrected chi connectivity index (χ4v) is 2.81. The molecule has 3 rings (SSSR count). The zero-order valence-electron chi connectivity index (χ0n) is 10.6. The van der Waals surface area contributed by atoms with Crippen molar-refractivity contribution in [1.82, 2.24) is 4.57 Å². The summed E-state index contributed by atoms with van der Waals surface area (Å²) in [6.45, 7) is 2.36. The van der Waals surface area contributed by atoms with E-state index in [-0.39, 0.29) is 10.6 Å². The van der Waals surface area contributed by atoms with Crippen molar-refractivity contribution >= 4 is 28.3 Å². The van der Waals surface area contributed by atoms with Gasteiger partial charge in [-0.2, -0.15) is 0 Å². The van der Waals surface area contributed by atoms with Crippen LogP contribution in [0.2, 0.25) is 0 Å². The van der Waals surface area contributed by atoms with E-state index in [2.05, 4.69) is 0 Å². The minimum Gasteiger partial charge on any atom is -0.475 e. The van der Waals surface area contributed by atoms with Gasteiger partial charge in [-0.3, -0.25) is 9.36 Å². The molecule has 20 heavy (non-hydrogen) atoms. The second kappa shape index (κ2) is 4.64. The molecule has 6 heteroatoms. The van der Waals surface area contributed by atoms with E-state index in [0.29, 0.717) is 12.1 Å². The third-order valence-electron chi connectivity index (χ3n) is 3.11. The van der Waals surface area contributed by atoms with E-state index in [1.165, 1.54) is 17.4 Å². The maximum absolute atomic E-state index is 11.7. The van der Waals surface area contributed by atoms with E-state index in [9.17, 15) is 9.59 Å². The number of furan rings is 1. The highest BCUT2D eigenvalue weighted by atomic mass is 32.1. The molecule has 1 N–H and O–H groups in total. The third-order valence-corrected chi connectivity index (χ3v) is 3.99. The average Bonchev–Trinajstić information content (AvgIpc) is 2.96. The van der Waals surface area contributed by atoms with Crippen LogP contribution in [0.25, 0.3) is 11.0 Å². The van der Waals surface area contributed by atoms with Crippen molar-refractivity contribution in [3.8, 4) is 0 Å². The highest BCUT2D eigenvalue weighted by molar-refractivity contribution is 7.07. The van der Waals surface area contributed by atoms with Crippen molar-refractivity contribution in [2.75, 3.05) is 0 Å². The summed E-state index contributed by atoms with van der Waals surface area (Å²) in [4.78, 5) is 22.6. The van der Waals surface area contributed by atoms with Crippen LogP contribution < -0.4 is 4.87 Å². The Morgan fingerprint density at radius 2 is 2.20 bits per heavy atom. The Morgan fingerprint density at radius 3 is 2.85 bits per heavy atom. The molecule has 2 aromatic heterocycles. The number of carbonyl (C=O) groups is 1. The smallest absolute Gasteiger partial charge is 0.371 e. The van der Waals surface area contributed by atoms with Gasteiger partial charge in [0, 0.05) is 16.5 Å². The van der Waals surface area contributed by atoms with Crippen LogP contribution in [-0.2, 0) is 6.54 Å². The van der Waals surface area contributed by atoms with E-state index in [1.807, 2.05) is 24.4 Å². The van der Waals surface area contributed by atoms with Crippen LogP contribution in [-0.4, -0.2) is 15.6 Å². The molecule has 0 aliphatic rings. The van der Waals surface area contributed by atoms with Crippen LogP contribution in [0.3, 0.4) is 0 Å². The van der Waals surface area contributed by atoms with Crippen molar-refractivity contribution in [3.63, 3.8) is 0 Å². The van der Waals surface area contributed by atoms with Crippen molar-refractivity contribution in [3.05, 3.63) is 56.3 Å². The van der Waals surface area contributed by atoms with Crippen LogP contribution in [0.1, 0.15) is 21.8 Å². The first kappa shape index (κ1) is 12.7. The van der Waals surface area contributed by atoms with Gasteiger partial charge >= 0.3 is 10.8 Å². The van der Waals surface area contributed by atoms with Gasteiger partial charge in [0.2, 0.25) is 5.76 Å². The van der Waals surface area contributed by atoms with E-state index in [4.69, 9.17) is 9.52 Å². The van der Waals surface area contributed by atoms with Crippen molar-refractivity contribution < 1.29 is 14.3 Å². The van der Waals surface area contributed by atoms with E-state index >= 15 is 0 Å². The van der Waals surface area contributed by atoms with Crippen LogP contribution >= 0.6 is 11.3 Å². The number of aryl methyl sites for hydroxylation is 1. The molecule has 0 atom stereocenters. The first-order chi connectivity index (χ1) is 9.54. The van der Waals surface area contributed by atoms with E-state index in [0.717, 1.165) is 16.6 Å². The van der Waals surface area contributed by atoms with Crippen molar-refractivity contribution in [2.24, 2.45) is 0 Å². The molecule has 0 aliphatic heterocycles. The Labute approximate surface area is 117 Å². The Morgan fingerprint density at radius 1 is 1.40 bits per heavy atom. The predicted octanol–water partition coefficient (Wildman–Crippen LogP) is 2.71. The molecule has 0 fully saturated rings. The largest absolute Gasteiger partial charge is 0.475 e. The summed E-state index contributed by atoms with van der Waals surface area (Å²) in [5.74, 6) is -1.17. The third kappa shape index (κ3) is 2.14. The summed E-state index contributed by atoms with van der Waals surface area (Å²) in [7, 11) is 0. The second-order valence-electron chi connectivity index (χ2n) is 4.52. The normalized spacial score (nSPS) is 11.1. The van der Waals surface area contributed by atoms with Gasteiger partial charge in [0.1, 0.15) is 5.58 Å². The monoisotopic (exact) mass is 289 g/mol. The van der Waals surface area contributed by atoms with Gasteiger partial charge in [0.25, 0.3) is 0 Å². The van der Waals surface area contributed by atoms with Gasteiger partial charge in [-0.15, -0.1) is 0 Å². The number of nitrogens with zero attached hydrogens (tertiary/aromatic N) is 1. The number of carboxylic acid groups (broad SMARTS) is 1. The molecule has 0 amide bonds. The molecule has 2 heterocycles. The molecular formula is C14H11NO4S. The Bertz CT molecular complexity index is 856. The number of rotatable bonds is 3. The summed E-state index contributed by atoms with van der Waals surface area (Å²) >= 11 is 1.17. The van der Waals surface area contributed by atoms with Gasteiger partial charge in [0.05, 0.1) is 6.54 Å². The number of fused-ring (bicyclic) bond motifs is 1. The maximum atomic E-state index is 11.7. The molecule has 0 saturated carbocycles. The Hall–Kier alpha value is -2.34. The van der Waals surface area contributed by atoms with Crippen molar-refractivity contribution in [1.29, 1.82) is 0 Å². The topological polar surface area (TPSA) is 72.4 Å². The lowest BCUT2D eigenvalue weighted by molar-refractivity contribution is 0.0665. The minimum atomic E-state index is -1.09. The standard InChI is InChI=1S/C14H11NO4S/c1-8-7-20-14(18)15(8)6-9-2-3-11-10(4-9)5-12(19-11)13(16)17/h2-5,7H,6H2,1H3,(H,16,17). The predicted molar refractivity (Wildman–Crippen MR) is 75.6 cm³/mol. The quantitative estimate of drug-likeness (QED) is 0.804. The number of hydrogen-bond acceptors (Lipinski definition) is 4. The Kier molecular flexibility index (Phi) is 2.94. The number of aromatic nitrogens is 1. The fourth-order valence-electron chi connectivity index (χ4n) is 2.08. The number of carboxylic acids is 1. The summed E-state index contributed by atoms with van der Waals surface area (Å²) in [5, 5.41) is 11.4. The van der Waals surface area contributed by atoms with Crippen LogP contribution in [0.15, 0.2) is 38.9 Å². The Balaban J connectivity index is 2.01. The maximum Gasteiger partial charge on any atom is 0.371 e. The lowest BCUT2D eigenvalue weighted by Crippen LogP contribution is -2.15. The summed E-state index contributed by atoms with van der Waals surface area (Å²) in [6.07, 6.45) is 0. The molecule has 1 aromatic carbocycles. The van der Waals surface area contributed by atoms with Gasteiger partial charge < -0.3 is 9.52 Å². The number of aromatic carboxylic acids is 1. The molecule has 0 bridgehead atoms. The lowest BCUT2D eigenvalue weighted by Gasteiger charge is -2.04. The van der Waals surface area contributed by atoms with Crippen LogP contribution in [0, 0.1) is 6.92 Å². The molecule has 5 nitrogen and oxygen atoms in total. The van der Waals surface area contributed by atoms with Crippen LogP contribution in [0.4, 0.5) is 0 Å². The summed E-state index contributed by atoms with van der Waals surface area (Å²) in [6, 6.07) is 6.89. The molecule has 3 aromatic rings. The number of hydrogen-bond donors (Lipinski definition) is 1. The van der Waals surface area contributed by atoms with Gasteiger partial charge in [-0.05, 0) is 30.7 Å². The lowest BCUT2D eigenvalue weighted by atomic mass is 10.1. The molecule has 0 aliphatic carbocycles. The van der Waals surface area contributed by atoms with Gasteiger partial charge in [0.15, 0.2) is 0 Å². The van der Waals surface area contributed by atoms with Crippen molar-refractivity contribution in [2.45, 2.75) is 13.5 Å². The molecule has 0 saturated heterocycles. The first-order valence-electron chi connectivity index (χ1n) is 5.95. The zero-order chi connectivity index (χ0) is 14.3. The SMILES string of the molecule is Cc1csc(=O)n1Cc1ccc2oc(C(=O)O)cc2c1. The molecule has 0 unspecified atom stereocenters. The summed E-state index contributed by atoms with van der Waals surface area (Å²) in [5.41, 5.74) is 2.37. The molecular weight excluding hydrogens is 278 g/mol. The fraction of sp³-hybridized carbons (Fsp3) is 0.143. The average molecular weight is 289 g/mol. The number of benzene rings is 1. The first-order valence-corrected chi connectivity index (χ1v) is 6.83. The van der Waals surface area contributed by atoms with Gasteiger partial charge in [-0.25, -0.2) is 4.79 Å². The number of thiazole rings is 1. The highest BCUT2D eigenvalue weighted by Gasteiger charge is 2.11.